The molecule has 15 heavy (non-hydrogen) atoms. The molecule has 0 spiro atoms. The van der Waals surface area contributed by atoms with Crippen LogP contribution < -0.4 is 5.32 Å². The van der Waals surface area contributed by atoms with Crippen LogP contribution in [0, 0.1) is 0 Å². The molecule has 0 saturated carbocycles. The lowest BCUT2D eigenvalue weighted by atomic mass is 10.3. The van der Waals surface area contributed by atoms with Crippen LogP contribution in [0.2, 0.25) is 0 Å². The minimum atomic E-state index is -0.0860. The Morgan fingerprint density at radius 1 is 1.60 bits per heavy atom. The lowest BCUT2D eigenvalue weighted by Gasteiger charge is -2.04. The summed E-state index contributed by atoms with van der Waals surface area (Å²) < 4.78 is 1.78. The smallest absolute Gasteiger partial charge is 0.268 e. The second-order valence-corrected chi connectivity index (χ2v) is 3.27. The number of rotatable bonds is 3. The molecule has 5 heteroatoms. The van der Waals surface area contributed by atoms with Gasteiger partial charge >= 0.3 is 0 Å². The van der Waals surface area contributed by atoms with Crippen LogP contribution in [0.3, 0.4) is 0 Å². The van der Waals surface area contributed by atoms with E-state index in [1.807, 2.05) is 25.4 Å². The van der Waals surface area contributed by atoms with Gasteiger partial charge in [0.15, 0.2) is 0 Å². The maximum absolute atomic E-state index is 11.7. The van der Waals surface area contributed by atoms with E-state index < -0.39 is 0 Å². The van der Waals surface area contributed by atoms with Gasteiger partial charge in [0.1, 0.15) is 5.69 Å². The van der Waals surface area contributed by atoms with Crippen LogP contribution in [0.25, 0.3) is 0 Å². The highest BCUT2D eigenvalue weighted by molar-refractivity contribution is 5.92. The quantitative estimate of drug-likeness (QED) is 0.772. The second kappa shape index (κ2) is 4.00. The standard InChI is InChI=1S/C10H12N4O/c1-14-6-2-3-9(14)10(15)11-7-8-4-5-12-13-8/h2-6H,7H2,1H3,(H,11,15)(H,12,13). The molecule has 0 fully saturated rings. The first kappa shape index (κ1) is 9.51. The van der Waals surface area contributed by atoms with Crippen LogP contribution in [0.5, 0.6) is 0 Å². The van der Waals surface area contributed by atoms with E-state index in [2.05, 4.69) is 15.5 Å². The Balaban J connectivity index is 1.96. The van der Waals surface area contributed by atoms with E-state index in [0.29, 0.717) is 12.2 Å². The number of nitrogens with zero attached hydrogens (tertiary/aromatic N) is 2. The van der Waals surface area contributed by atoms with Crippen molar-refractivity contribution in [2.75, 3.05) is 0 Å². The average molecular weight is 204 g/mol. The van der Waals surface area contributed by atoms with E-state index in [1.54, 1.807) is 16.8 Å². The Kier molecular flexibility index (Phi) is 2.53. The highest BCUT2D eigenvalue weighted by atomic mass is 16.1. The van der Waals surface area contributed by atoms with Gasteiger partial charge in [-0.2, -0.15) is 5.10 Å². The molecule has 0 atom stereocenters. The second-order valence-electron chi connectivity index (χ2n) is 3.27. The van der Waals surface area contributed by atoms with Crippen molar-refractivity contribution in [3.8, 4) is 0 Å². The molecular formula is C10H12N4O. The first-order chi connectivity index (χ1) is 7.27. The number of aromatic nitrogens is 3. The Hall–Kier alpha value is -2.04. The van der Waals surface area contributed by atoms with Crippen LogP contribution >= 0.6 is 0 Å². The molecule has 0 unspecified atom stereocenters. The third-order valence-corrected chi connectivity index (χ3v) is 2.17. The van der Waals surface area contributed by atoms with E-state index in [1.165, 1.54) is 0 Å². The molecule has 0 aliphatic heterocycles. The predicted octanol–water partition coefficient (Wildman–Crippen LogP) is 0.678. The number of aryl methyl sites for hydroxylation is 1. The number of nitrogens with one attached hydrogen (secondary N) is 2. The molecule has 2 aromatic heterocycles. The van der Waals surface area contributed by atoms with Gasteiger partial charge in [0.2, 0.25) is 0 Å². The Bertz CT molecular complexity index is 444. The van der Waals surface area contributed by atoms with Gasteiger partial charge in [0, 0.05) is 19.4 Å². The highest BCUT2D eigenvalue weighted by Crippen LogP contribution is 1.99. The number of aromatic amines is 1. The molecule has 0 aromatic carbocycles. The monoisotopic (exact) mass is 204 g/mol. The topological polar surface area (TPSA) is 62.7 Å². The Labute approximate surface area is 87.1 Å². The average Bonchev–Trinajstić information content (AvgIpc) is 2.84. The fourth-order valence-electron chi connectivity index (χ4n) is 1.35. The minimum absolute atomic E-state index is 0.0860. The number of hydrogen-bond acceptors (Lipinski definition) is 2. The summed E-state index contributed by atoms with van der Waals surface area (Å²) in [5, 5.41) is 9.38. The zero-order valence-corrected chi connectivity index (χ0v) is 8.40. The van der Waals surface area contributed by atoms with Crippen LogP contribution in [-0.4, -0.2) is 20.7 Å². The minimum Gasteiger partial charge on any atom is -0.347 e. The summed E-state index contributed by atoms with van der Waals surface area (Å²) in [5.41, 5.74) is 1.53. The molecular weight excluding hydrogens is 192 g/mol. The summed E-state index contributed by atoms with van der Waals surface area (Å²) in [6.07, 6.45) is 3.50. The molecule has 0 saturated heterocycles. The van der Waals surface area contributed by atoms with Crippen molar-refractivity contribution in [1.82, 2.24) is 20.1 Å². The Morgan fingerprint density at radius 3 is 3.07 bits per heavy atom. The molecule has 0 radical (unpaired) electrons. The van der Waals surface area contributed by atoms with Crippen LogP contribution in [-0.2, 0) is 13.6 Å². The zero-order chi connectivity index (χ0) is 10.7. The first-order valence-corrected chi connectivity index (χ1v) is 4.65. The van der Waals surface area contributed by atoms with Gasteiger partial charge in [0.05, 0.1) is 12.2 Å². The van der Waals surface area contributed by atoms with Gasteiger partial charge in [-0.05, 0) is 18.2 Å². The largest absolute Gasteiger partial charge is 0.347 e. The molecule has 2 N–H and O–H groups in total. The third-order valence-electron chi connectivity index (χ3n) is 2.17. The summed E-state index contributed by atoms with van der Waals surface area (Å²) in [6.45, 7) is 0.462. The van der Waals surface area contributed by atoms with Crippen molar-refractivity contribution in [3.05, 3.63) is 42.0 Å². The normalized spacial score (nSPS) is 10.2. The highest BCUT2D eigenvalue weighted by Gasteiger charge is 2.07. The number of carbonyl (C=O) groups is 1. The van der Waals surface area contributed by atoms with E-state index >= 15 is 0 Å². The SMILES string of the molecule is Cn1cccc1C(=O)NCc1ccn[nH]1. The van der Waals surface area contributed by atoms with Crippen molar-refractivity contribution >= 4 is 5.91 Å². The molecule has 2 rings (SSSR count). The van der Waals surface area contributed by atoms with Crippen LogP contribution in [0.15, 0.2) is 30.6 Å². The molecule has 0 bridgehead atoms. The zero-order valence-electron chi connectivity index (χ0n) is 8.40. The lowest BCUT2D eigenvalue weighted by Crippen LogP contribution is -2.24. The van der Waals surface area contributed by atoms with Gasteiger partial charge in [-0.15, -0.1) is 0 Å². The maximum Gasteiger partial charge on any atom is 0.268 e. The number of amides is 1. The number of hydrogen-bond donors (Lipinski definition) is 2. The molecule has 1 amide bonds. The van der Waals surface area contributed by atoms with Gasteiger partial charge in [-0.25, -0.2) is 0 Å². The summed E-state index contributed by atoms with van der Waals surface area (Å²) in [4.78, 5) is 11.7. The van der Waals surface area contributed by atoms with Crippen LogP contribution in [0.1, 0.15) is 16.2 Å². The van der Waals surface area contributed by atoms with Crippen molar-refractivity contribution in [1.29, 1.82) is 0 Å². The fourth-order valence-corrected chi connectivity index (χ4v) is 1.35. The van der Waals surface area contributed by atoms with Gasteiger partial charge in [-0.1, -0.05) is 0 Å². The number of H-pyrrole nitrogens is 1. The summed E-state index contributed by atoms with van der Waals surface area (Å²) in [7, 11) is 1.84. The molecule has 0 aliphatic carbocycles. The molecule has 0 aliphatic rings. The van der Waals surface area contributed by atoms with E-state index in [-0.39, 0.29) is 5.91 Å². The third kappa shape index (κ3) is 2.07. The summed E-state index contributed by atoms with van der Waals surface area (Å²) >= 11 is 0. The van der Waals surface area contributed by atoms with Gasteiger partial charge in [0.25, 0.3) is 5.91 Å². The van der Waals surface area contributed by atoms with Gasteiger partial charge in [-0.3, -0.25) is 9.89 Å². The van der Waals surface area contributed by atoms with E-state index in [4.69, 9.17) is 0 Å². The predicted molar refractivity (Wildman–Crippen MR) is 55.2 cm³/mol. The van der Waals surface area contributed by atoms with Crippen molar-refractivity contribution in [2.45, 2.75) is 6.54 Å². The van der Waals surface area contributed by atoms with Crippen molar-refractivity contribution in [2.24, 2.45) is 7.05 Å². The van der Waals surface area contributed by atoms with Gasteiger partial charge < -0.3 is 9.88 Å². The summed E-state index contributed by atoms with van der Waals surface area (Å²) in [6, 6.07) is 5.44. The first-order valence-electron chi connectivity index (χ1n) is 4.65. The maximum atomic E-state index is 11.7. The Morgan fingerprint density at radius 2 is 2.47 bits per heavy atom. The fraction of sp³-hybridized carbons (Fsp3) is 0.200. The van der Waals surface area contributed by atoms with Crippen molar-refractivity contribution in [3.63, 3.8) is 0 Å². The molecule has 2 aromatic rings. The van der Waals surface area contributed by atoms with E-state index in [0.717, 1.165) is 5.69 Å². The molecule has 78 valence electrons. The number of carbonyl (C=O) groups excluding carboxylic acids is 1. The van der Waals surface area contributed by atoms with E-state index in [9.17, 15) is 4.79 Å². The summed E-state index contributed by atoms with van der Waals surface area (Å²) in [5.74, 6) is -0.0860. The van der Waals surface area contributed by atoms with Crippen LogP contribution in [0.4, 0.5) is 0 Å². The lowest BCUT2D eigenvalue weighted by molar-refractivity contribution is 0.0942. The molecule has 2 heterocycles. The molecule has 5 nitrogen and oxygen atoms in total. The van der Waals surface area contributed by atoms with Crippen molar-refractivity contribution < 1.29 is 4.79 Å².